The van der Waals surface area contributed by atoms with Crippen LogP contribution in [0.3, 0.4) is 0 Å². The number of benzene rings is 1. The molecule has 1 fully saturated rings. The zero-order valence-electron chi connectivity index (χ0n) is 13.3. The Labute approximate surface area is 135 Å². The van der Waals surface area contributed by atoms with Crippen molar-refractivity contribution < 1.29 is 24.2 Å². The lowest BCUT2D eigenvalue weighted by Gasteiger charge is -2.11. The monoisotopic (exact) mass is 321 g/mol. The van der Waals surface area contributed by atoms with Crippen molar-refractivity contribution in [2.75, 3.05) is 20.3 Å². The lowest BCUT2D eigenvalue weighted by molar-refractivity contribution is -0.141. The van der Waals surface area contributed by atoms with E-state index in [-0.39, 0.29) is 17.7 Å². The van der Waals surface area contributed by atoms with Crippen LogP contribution >= 0.6 is 0 Å². The Morgan fingerprint density at radius 3 is 2.48 bits per heavy atom. The Morgan fingerprint density at radius 1 is 1.17 bits per heavy atom. The van der Waals surface area contributed by atoms with Crippen LogP contribution in [-0.4, -0.2) is 37.3 Å². The zero-order chi connectivity index (χ0) is 16.7. The summed E-state index contributed by atoms with van der Waals surface area (Å²) in [5.41, 5.74) is 0.977. The van der Waals surface area contributed by atoms with Gasteiger partial charge in [0.15, 0.2) is 0 Å². The number of hydrogen-bond donors (Lipinski definition) is 2. The molecule has 2 atom stereocenters. The van der Waals surface area contributed by atoms with Gasteiger partial charge < -0.3 is 19.9 Å². The number of carbonyl (C=O) groups excluding carboxylic acids is 1. The van der Waals surface area contributed by atoms with Gasteiger partial charge >= 0.3 is 5.97 Å². The van der Waals surface area contributed by atoms with Crippen LogP contribution < -0.4 is 10.1 Å². The van der Waals surface area contributed by atoms with Crippen molar-refractivity contribution in [3.63, 3.8) is 0 Å². The van der Waals surface area contributed by atoms with E-state index >= 15 is 0 Å². The number of ether oxygens (including phenoxy) is 2. The molecular weight excluding hydrogens is 298 g/mol. The van der Waals surface area contributed by atoms with Crippen LogP contribution in [0.1, 0.15) is 24.8 Å². The van der Waals surface area contributed by atoms with E-state index in [0.717, 1.165) is 11.3 Å². The fraction of sp³-hybridized carbons (Fsp3) is 0.529. The molecule has 1 amide bonds. The Balaban J connectivity index is 1.75. The van der Waals surface area contributed by atoms with Crippen molar-refractivity contribution in [3.05, 3.63) is 29.8 Å². The van der Waals surface area contributed by atoms with E-state index in [9.17, 15) is 9.59 Å². The van der Waals surface area contributed by atoms with E-state index in [1.165, 1.54) is 0 Å². The number of carbonyl (C=O) groups is 2. The number of methoxy groups -OCH3 is 1. The van der Waals surface area contributed by atoms with Crippen molar-refractivity contribution in [1.82, 2.24) is 5.32 Å². The second-order valence-corrected chi connectivity index (χ2v) is 5.75. The number of hydrogen-bond acceptors (Lipinski definition) is 4. The molecule has 0 radical (unpaired) electrons. The van der Waals surface area contributed by atoms with E-state index in [1.54, 1.807) is 7.11 Å². The second kappa shape index (κ2) is 8.53. The summed E-state index contributed by atoms with van der Waals surface area (Å²) in [6, 6.07) is 7.51. The minimum Gasteiger partial charge on any atom is -0.491 e. The molecule has 2 rings (SSSR count). The quantitative estimate of drug-likeness (QED) is 0.714. The average Bonchev–Trinajstić information content (AvgIpc) is 3.04. The number of aliphatic carboxylic acids is 1. The van der Waals surface area contributed by atoms with Gasteiger partial charge in [-0.15, -0.1) is 0 Å². The van der Waals surface area contributed by atoms with Crippen molar-refractivity contribution in [3.8, 4) is 5.75 Å². The molecule has 0 saturated heterocycles. The van der Waals surface area contributed by atoms with Gasteiger partial charge in [0.25, 0.3) is 0 Å². The Kier molecular flexibility index (Phi) is 6.40. The van der Waals surface area contributed by atoms with Crippen molar-refractivity contribution in [1.29, 1.82) is 0 Å². The SMILES string of the molecule is COCCOc1ccc(CNC(=O)[C@@H]2CC[C@H](C(=O)O)C2)cc1. The van der Waals surface area contributed by atoms with Crippen LogP contribution in [0.2, 0.25) is 0 Å². The first kappa shape index (κ1) is 17.3. The van der Waals surface area contributed by atoms with Gasteiger partial charge in [0, 0.05) is 19.6 Å². The van der Waals surface area contributed by atoms with Crippen LogP contribution in [-0.2, 0) is 20.9 Å². The summed E-state index contributed by atoms with van der Waals surface area (Å²) in [6.45, 7) is 1.47. The maximum atomic E-state index is 12.1. The van der Waals surface area contributed by atoms with Gasteiger partial charge in [-0.2, -0.15) is 0 Å². The van der Waals surface area contributed by atoms with Crippen molar-refractivity contribution in [2.45, 2.75) is 25.8 Å². The van der Waals surface area contributed by atoms with Gasteiger partial charge in [-0.25, -0.2) is 0 Å². The largest absolute Gasteiger partial charge is 0.491 e. The topological polar surface area (TPSA) is 84.9 Å². The summed E-state index contributed by atoms with van der Waals surface area (Å²) < 4.78 is 10.4. The van der Waals surface area contributed by atoms with E-state index in [4.69, 9.17) is 14.6 Å². The first-order valence-electron chi connectivity index (χ1n) is 7.81. The van der Waals surface area contributed by atoms with E-state index in [1.807, 2.05) is 24.3 Å². The maximum absolute atomic E-state index is 12.1. The van der Waals surface area contributed by atoms with Gasteiger partial charge in [0.2, 0.25) is 5.91 Å². The van der Waals surface area contributed by atoms with E-state index in [2.05, 4.69) is 5.32 Å². The van der Waals surface area contributed by atoms with Crippen LogP contribution in [0.4, 0.5) is 0 Å². The average molecular weight is 321 g/mol. The van der Waals surface area contributed by atoms with Crippen molar-refractivity contribution >= 4 is 11.9 Å². The molecule has 6 heteroatoms. The summed E-state index contributed by atoms with van der Waals surface area (Å²) in [5.74, 6) is -0.669. The molecule has 1 saturated carbocycles. The molecule has 1 aliphatic carbocycles. The molecule has 6 nitrogen and oxygen atoms in total. The predicted molar refractivity (Wildman–Crippen MR) is 84.1 cm³/mol. The standard InChI is InChI=1S/C17H23NO5/c1-22-8-9-23-15-6-2-12(3-7-15)11-18-16(19)13-4-5-14(10-13)17(20)21/h2-3,6-7,13-14H,4-5,8-11H2,1H3,(H,18,19)(H,20,21)/t13-,14+/m1/s1. The smallest absolute Gasteiger partial charge is 0.306 e. The number of carboxylic acid groups (broad SMARTS) is 1. The lowest BCUT2D eigenvalue weighted by Crippen LogP contribution is -2.29. The fourth-order valence-electron chi connectivity index (χ4n) is 2.72. The maximum Gasteiger partial charge on any atom is 0.306 e. The molecule has 2 N–H and O–H groups in total. The van der Waals surface area contributed by atoms with Gasteiger partial charge in [0.05, 0.1) is 12.5 Å². The molecule has 0 unspecified atom stereocenters. The highest BCUT2D eigenvalue weighted by Crippen LogP contribution is 2.31. The summed E-state index contributed by atoms with van der Waals surface area (Å²) >= 11 is 0. The van der Waals surface area contributed by atoms with Crippen LogP contribution in [0.5, 0.6) is 5.75 Å². The minimum absolute atomic E-state index is 0.0610. The molecule has 1 aliphatic rings. The van der Waals surface area contributed by atoms with Crippen LogP contribution in [0, 0.1) is 11.8 Å². The van der Waals surface area contributed by atoms with Crippen molar-refractivity contribution in [2.24, 2.45) is 11.8 Å². The van der Waals surface area contributed by atoms with Crippen LogP contribution in [0.25, 0.3) is 0 Å². The minimum atomic E-state index is -0.802. The molecule has 0 spiro atoms. The summed E-state index contributed by atoms with van der Waals surface area (Å²) in [7, 11) is 1.62. The third kappa shape index (κ3) is 5.25. The third-order valence-electron chi connectivity index (χ3n) is 4.10. The van der Waals surface area contributed by atoms with Crippen LogP contribution in [0.15, 0.2) is 24.3 Å². The summed E-state index contributed by atoms with van der Waals surface area (Å²) in [4.78, 5) is 23.0. The fourth-order valence-corrected chi connectivity index (χ4v) is 2.72. The molecule has 23 heavy (non-hydrogen) atoms. The predicted octanol–water partition coefficient (Wildman–Crippen LogP) is 1.83. The molecule has 1 aromatic carbocycles. The van der Waals surface area contributed by atoms with Gasteiger partial charge in [-0.05, 0) is 37.0 Å². The lowest BCUT2D eigenvalue weighted by atomic mass is 10.0. The Morgan fingerprint density at radius 2 is 1.87 bits per heavy atom. The Hall–Kier alpha value is -2.08. The number of amides is 1. The highest BCUT2D eigenvalue weighted by Gasteiger charge is 2.33. The molecule has 0 aromatic heterocycles. The van der Waals surface area contributed by atoms with Gasteiger partial charge in [0.1, 0.15) is 12.4 Å². The van der Waals surface area contributed by atoms with E-state index in [0.29, 0.717) is 39.0 Å². The second-order valence-electron chi connectivity index (χ2n) is 5.75. The van der Waals surface area contributed by atoms with E-state index < -0.39 is 5.97 Å². The normalized spacial score (nSPS) is 20.2. The molecule has 0 heterocycles. The molecular formula is C17H23NO5. The Bertz CT molecular complexity index is 528. The molecule has 0 aliphatic heterocycles. The highest BCUT2D eigenvalue weighted by atomic mass is 16.5. The number of carboxylic acids is 1. The highest BCUT2D eigenvalue weighted by molar-refractivity contribution is 5.80. The third-order valence-corrected chi connectivity index (χ3v) is 4.10. The first-order valence-corrected chi connectivity index (χ1v) is 7.81. The summed E-state index contributed by atoms with van der Waals surface area (Å²) in [5, 5.41) is 11.9. The first-order chi connectivity index (χ1) is 11.1. The zero-order valence-corrected chi connectivity index (χ0v) is 13.3. The number of nitrogens with one attached hydrogen (secondary N) is 1. The molecule has 1 aromatic rings. The van der Waals surface area contributed by atoms with Gasteiger partial charge in [-0.1, -0.05) is 12.1 Å². The number of rotatable bonds is 8. The molecule has 126 valence electrons. The molecule has 0 bridgehead atoms. The van der Waals surface area contributed by atoms with Gasteiger partial charge in [-0.3, -0.25) is 9.59 Å². The summed E-state index contributed by atoms with van der Waals surface area (Å²) in [6.07, 6.45) is 1.67.